The first-order chi connectivity index (χ1) is 8.77. The lowest BCUT2D eigenvalue weighted by molar-refractivity contribution is -0.140. The molecule has 110 valence electrons. The molecule has 0 aliphatic carbocycles. The molecule has 0 aromatic heterocycles. The number of rotatable bonds is 8. The molecule has 19 heavy (non-hydrogen) atoms. The molecular weight excluding hydrogens is 256 g/mol. The molecule has 2 atom stereocenters. The molecule has 0 aliphatic rings. The molecule has 1 unspecified atom stereocenters. The molecule has 0 fully saturated rings. The number of hydrogen-bond donors (Lipinski definition) is 3. The molecule has 0 bridgehead atoms. The number of aliphatic carboxylic acids is 2. The van der Waals surface area contributed by atoms with Crippen molar-refractivity contribution >= 4 is 18.0 Å². The van der Waals surface area contributed by atoms with Crippen LogP contribution in [0.2, 0.25) is 0 Å². The average Bonchev–Trinajstić information content (AvgIpc) is 2.32. The number of nitrogens with zero attached hydrogens (tertiary/aromatic N) is 1. The lowest BCUT2D eigenvalue weighted by Gasteiger charge is -2.23. The largest absolute Gasteiger partial charge is 0.481 e. The molecule has 0 rings (SSSR count). The first kappa shape index (κ1) is 17.2. The number of amides is 2. The Morgan fingerprint density at radius 2 is 1.89 bits per heavy atom. The Balaban J connectivity index is 4.37. The minimum atomic E-state index is -1.26. The molecule has 8 nitrogen and oxygen atoms in total. The van der Waals surface area contributed by atoms with Gasteiger partial charge >= 0.3 is 18.0 Å². The average molecular weight is 276 g/mol. The number of carboxylic acids is 2. The maximum atomic E-state index is 11.7. The van der Waals surface area contributed by atoms with Crippen molar-refractivity contribution < 1.29 is 29.3 Å². The quantitative estimate of drug-likeness (QED) is 0.573. The van der Waals surface area contributed by atoms with E-state index in [1.54, 1.807) is 6.92 Å². The Bertz CT molecular complexity index is 333. The minimum absolute atomic E-state index is 0.163. The van der Waals surface area contributed by atoms with E-state index in [4.69, 9.17) is 14.9 Å². The number of urea groups is 1. The summed E-state index contributed by atoms with van der Waals surface area (Å²) in [7, 11) is 3.00. The first-order valence-electron chi connectivity index (χ1n) is 5.77. The number of carbonyl (C=O) groups is 3. The fourth-order valence-corrected chi connectivity index (χ4v) is 1.33. The van der Waals surface area contributed by atoms with Crippen LogP contribution in [0.5, 0.6) is 0 Å². The van der Waals surface area contributed by atoms with Crippen LogP contribution >= 0.6 is 0 Å². The normalized spacial score (nSPS) is 13.4. The molecule has 0 saturated heterocycles. The first-order valence-corrected chi connectivity index (χ1v) is 5.77. The molecule has 2 amide bonds. The van der Waals surface area contributed by atoms with E-state index in [0.717, 1.165) is 0 Å². The van der Waals surface area contributed by atoms with Crippen LogP contribution in [0.4, 0.5) is 4.79 Å². The van der Waals surface area contributed by atoms with E-state index >= 15 is 0 Å². The van der Waals surface area contributed by atoms with Gasteiger partial charge in [0.2, 0.25) is 0 Å². The van der Waals surface area contributed by atoms with Gasteiger partial charge in [0, 0.05) is 27.1 Å². The predicted octanol–water partition coefficient (Wildman–Crippen LogP) is -0.0193. The van der Waals surface area contributed by atoms with Gasteiger partial charge in [0.05, 0.1) is 6.10 Å². The number of methoxy groups -OCH3 is 1. The number of carbonyl (C=O) groups excluding carboxylic acids is 1. The third-order valence-corrected chi connectivity index (χ3v) is 2.52. The topological polar surface area (TPSA) is 116 Å². The van der Waals surface area contributed by atoms with Crippen molar-refractivity contribution in [1.82, 2.24) is 10.2 Å². The van der Waals surface area contributed by atoms with E-state index in [0.29, 0.717) is 6.54 Å². The molecule has 0 aliphatic heterocycles. The number of likely N-dealkylation sites (N-methyl/N-ethyl adjacent to an activating group) is 1. The van der Waals surface area contributed by atoms with E-state index < -0.39 is 24.0 Å². The Labute approximate surface area is 111 Å². The lowest BCUT2D eigenvalue weighted by atomic mass is 10.1. The van der Waals surface area contributed by atoms with Gasteiger partial charge in [-0.25, -0.2) is 9.59 Å². The molecule has 0 radical (unpaired) electrons. The van der Waals surface area contributed by atoms with E-state index in [1.165, 1.54) is 19.1 Å². The highest BCUT2D eigenvalue weighted by atomic mass is 16.5. The molecule has 0 saturated carbocycles. The zero-order valence-electron chi connectivity index (χ0n) is 11.3. The zero-order chi connectivity index (χ0) is 15.0. The number of hydrogen-bond acceptors (Lipinski definition) is 4. The third-order valence-electron chi connectivity index (χ3n) is 2.52. The van der Waals surface area contributed by atoms with Gasteiger partial charge in [-0.2, -0.15) is 0 Å². The highest BCUT2D eigenvalue weighted by molar-refractivity contribution is 5.82. The van der Waals surface area contributed by atoms with E-state index in [2.05, 4.69) is 5.32 Å². The SMILES string of the molecule is COC(C)CN(C)C(=O)N[C@@H](CCC(=O)O)C(=O)O. The van der Waals surface area contributed by atoms with Crippen molar-refractivity contribution in [1.29, 1.82) is 0 Å². The molecule has 0 spiro atoms. The monoisotopic (exact) mass is 276 g/mol. The van der Waals surface area contributed by atoms with Gasteiger partial charge in [0.1, 0.15) is 6.04 Å². The number of nitrogens with one attached hydrogen (secondary N) is 1. The Hall–Kier alpha value is -1.83. The maximum Gasteiger partial charge on any atom is 0.326 e. The smallest absolute Gasteiger partial charge is 0.326 e. The summed E-state index contributed by atoms with van der Waals surface area (Å²) in [6.45, 7) is 2.07. The van der Waals surface area contributed by atoms with E-state index in [1.807, 2.05) is 0 Å². The van der Waals surface area contributed by atoms with Crippen molar-refractivity contribution in [2.45, 2.75) is 31.9 Å². The Morgan fingerprint density at radius 3 is 2.32 bits per heavy atom. The number of ether oxygens (including phenoxy) is 1. The van der Waals surface area contributed by atoms with Crippen LogP contribution < -0.4 is 5.32 Å². The van der Waals surface area contributed by atoms with E-state index in [-0.39, 0.29) is 18.9 Å². The maximum absolute atomic E-state index is 11.7. The molecule has 8 heteroatoms. The van der Waals surface area contributed by atoms with Gasteiger partial charge in [-0.1, -0.05) is 0 Å². The van der Waals surface area contributed by atoms with E-state index in [9.17, 15) is 14.4 Å². The standard InChI is InChI=1S/C11H20N2O6/c1-7(19-3)6-13(2)11(18)12-8(10(16)17)4-5-9(14)15/h7-8H,4-6H2,1-3H3,(H,12,18)(H,14,15)(H,16,17)/t7?,8-/m0/s1. The Morgan fingerprint density at radius 1 is 1.32 bits per heavy atom. The summed E-state index contributed by atoms with van der Waals surface area (Å²) in [5.41, 5.74) is 0. The molecule has 0 heterocycles. The van der Waals surface area contributed by atoms with Gasteiger partial charge < -0.3 is 25.2 Å². The van der Waals surface area contributed by atoms with Crippen LogP contribution in [0.3, 0.4) is 0 Å². The summed E-state index contributed by atoms with van der Waals surface area (Å²) < 4.78 is 4.99. The fraction of sp³-hybridized carbons (Fsp3) is 0.727. The van der Waals surface area contributed by atoms with Gasteiger partial charge in [0.15, 0.2) is 0 Å². The summed E-state index contributed by atoms with van der Waals surface area (Å²) in [5, 5.41) is 19.7. The van der Waals surface area contributed by atoms with Crippen molar-refractivity contribution in [3.8, 4) is 0 Å². The molecule has 3 N–H and O–H groups in total. The predicted molar refractivity (Wildman–Crippen MR) is 65.9 cm³/mol. The second-order valence-corrected chi connectivity index (χ2v) is 4.20. The van der Waals surface area contributed by atoms with Gasteiger partial charge in [-0.3, -0.25) is 4.79 Å². The minimum Gasteiger partial charge on any atom is -0.481 e. The summed E-state index contributed by atoms with van der Waals surface area (Å²) >= 11 is 0. The van der Waals surface area contributed by atoms with Gasteiger partial charge in [0.25, 0.3) is 0 Å². The Kier molecular flexibility index (Phi) is 7.50. The summed E-state index contributed by atoms with van der Waals surface area (Å²) in [4.78, 5) is 34.3. The second-order valence-electron chi connectivity index (χ2n) is 4.20. The van der Waals surface area contributed by atoms with Crippen LogP contribution in [-0.2, 0) is 14.3 Å². The lowest BCUT2D eigenvalue weighted by Crippen LogP contribution is -2.48. The fourth-order valence-electron chi connectivity index (χ4n) is 1.33. The van der Waals surface area contributed by atoms with Crippen LogP contribution in [-0.4, -0.2) is 65.9 Å². The second kappa shape index (κ2) is 8.30. The zero-order valence-corrected chi connectivity index (χ0v) is 11.3. The highest BCUT2D eigenvalue weighted by Gasteiger charge is 2.23. The van der Waals surface area contributed by atoms with Crippen molar-refractivity contribution in [3.05, 3.63) is 0 Å². The molecular formula is C11H20N2O6. The third kappa shape index (κ3) is 7.24. The summed E-state index contributed by atoms with van der Waals surface area (Å²) in [6, 6.07) is -1.80. The highest BCUT2D eigenvalue weighted by Crippen LogP contribution is 2.00. The summed E-state index contributed by atoms with van der Waals surface area (Å²) in [6.07, 6.45) is -0.669. The van der Waals surface area contributed by atoms with Gasteiger partial charge in [-0.05, 0) is 13.3 Å². The van der Waals surface area contributed by atoms with Crippen molar-refractivity contribution in [2.24, 2.45) is 0 Å². The van der Waals surface area contributed by atoms with Crippen LogP contribution in [0.1, 0.15) is 19.8 Å². The summed E-state index contributed by atoms with van der Waals surface area (Å²) in [5.74, 6) is -2.37. The molecule has 0 aromatic carbocycles. The van der Waals surface area contributed by atoms with Crippen LogP contribution in [0.15, 0.2) is 0 Å². The number of carboxylic acid groups (broad SMARTS) is 2. The van der Waals surface area contributed by atoms with Crippen LogP contribution in [0, 0.1) is 0 Å². The van der Waals surface area contributed by atoms with Crippen LogP contribution in [0.25, 0.3) is 0 Å². The van der Waals surface area contributed by atoms with Gasteiger partial charge in [-0.15, -0.1) is 0 Å². The molecule has 0 aromatic rings. The van der Waals surface area contributed by atoms with Crippen molar-refractivity contribution in [2.75, 3.05) is 20.7 Å². The van der Waals surface area contributed by atoms with Crippen molar-refractivity contribution in [3.63, 3.8) is 0 Å².